The van der Waals surface area contributed by atoms with Gasteiger partial charge < -0.3 is 9.80 Å². The highest BCUT2D eigenvalue weighted by atomic mass is 16.2. The number of rotatable bonds is 1. The Balaban J connectivity index is 1.69. The topological polar surface area (TPSA) is 58.4 Å². The van der Waals surface area contributed by atoms with Gasteiger partial charge in [-0.05, 0) is 44.6 Å². The SMILES string of the molecule is Cc1ccc2c(c1)[C@H]1CN(C)CC[C@H]1N2C(=O)c1nn(C)c(=O)c2ccccc12. The summed E-state index contributed by atoms with van der Waals surface area (Å²) < 4.78 is 1.27. The number of hydrogen-bond donors (Lipinski definition) is 0. The van der Waals surface area contributed by atoms with Crippen molar-refractivity contribution in [3.8, 4) is 0 Å². The first-order valence-electron chi connectivity index (χ1n) is 10.0. The molecule has 5 rings (SSSR count). The number of hydrogen-bond acceptors (Lipinski definition) is 4. The van der Waals surface area contributed by atoms with Crippen LogP contribution in [0, 0.1) is 6.92 Å². The number of carbonyl (C=O) groups excluding carboxylic acids is 1. The highest BCUT2D eigenvalue weighted by molar-refractivity contribution is 6.13. The Kier molecular flexibility index (Phi) is 4.06. The lowest BCUT2D eigenvalue weighted by Gasteiger charge is -2.36. The number of aromatic nitrogens is 2. The zero-order valence-electron chi connectivity index (χ0n) is 16.9. The van der Waals surface area contributed by atoms with Crippen molar-refractivity contribution < 1.29 is 4.79 Å². The van der Waals surface area contributed by atoms with Crippen molar-refractivity contribution in [2.75, 3.05) is 25.0 Å². The second-order valence-corrected chi connectivity index (χ2v) is 8.29. The quantitative estimate of drug-likeness (QED) is 0.643. The van der Waals surface area contributed by atoms with Gasteiger partial charge >= 0.3 is 0 Å². The van der Waals surface area contributed by atoms with E-state index in [1.165, 1.54) is 15.8 Å². The minimum absolute atomic E-state index is 0.119. The maximum atomic E-state index is 13.8. The van der Waals surface area contributed by atoms with Gasteiger partial charge in [0.15, 0.2) is 5.69 Å². The van der Waals surface area contributed by atoms with Gasteiger partial charge in [0.1, 0.15) is 0 Å². The number of carbonyl (C=O) groups is 1. The Morgan fingerprint density at radius 1 is 1.10 bits per heavy atom. The van der Waals surface area contributed by atoms with E-state index in [9.17, 15) is 9.59 Å². The predicted molar refractivity (Wildman–Crippen MR) is 114 cm³/mol. The number of likely N-dealkylation sites (tertiary alicyclic amines) is 1. The summed E-state index contributed by atoms with van der Waals surface area (Å²) in [6.45, 7) is 3.99. The predicted octanol–water partition coefficient (Wildman–Crippen LogP) is 2.69. The van der Waals surface area contributed by atoms with E-state index in [-0.39, 0.29) is 17.5 Å². The van der Waals surface area contributed by atoms with Gasteiger partial charge in [-0.25, -0.2) is 4.68 Å². The lowest BCUT2D eigenvalue weighted by atomic mass is 9.89. The lowest BCUT2D eigenvalue weighted by molar-refractivity contribution is 0.0959. The van der Waals surface area contributed by atoms with E-state index >= 15 is 0 Å². The van der Waals surface area contributed by atoms with E-state index in [1.54, 1.807) is 13.1 Å². The van der Waals surface area contributed by atoms with Crippen molar-refractivity contribution in [3.05, 3.63) is 69.6 Å². The molecule has 3 heterocycles. The molecule has 0 aliphatic carbocycles. The summed E-state index contributed by atoms with van der Waals surface area (Å²) >= 11 is 0. The monoisotopic (exact) mass is 388 g/mol. The largest absolute Gasteiger partial charge is 0.306 e. The average Bonchev–Trinajstić information content (AvgIpc) is 3.03. The number of amides is 1. The minimum atomic E-state index is -0.188. The molecule has 1 aromatic heterocycles. The van der Waals surface area contributed by atoms with Crippen LogP contribution in [-0.2, 0) is 7.05 Å². The van der Waals surface area contributed by atoms with E-state index in [4.69, 9.17) is 0 Å². The molecule has 3 aromatic rings. The molecule has 2 atom stereocenters. The minimum Gasteiger partial charge on any atom is -0.306 e. The van der Waals surface area contributed by atoms with Crippen molar-refractivity contribution in [1.29, 1.82) is 0 Å². The van der Waals surface area contributed by atoms with Gasteiger partial charge in [-0.2, -0.15) is 5.10 Å². The fourth-order valence-electron chi connectivity index (χ4n) is 4.92. The average molecular weight is 388 g/mol. The summed E-state index contributed by atoms with van der Waals surface area (Å²) in [5.41, 5.74) is 3.57. The Bertz CT molecular complexity index is 1200. The first-order chi connectivity index (χ1) is 14.0. The molecule has 2 aliphatic rings. The van der Waals surface area contributed by atoms with Crippen molar-refractivity contribution in [2.24, 2.45) is 7.05 Å². The van der Waals surface area contributed by atoms with Crippen LogP contribution in [0.3, 0.4) is 0 Å². The highest BCUT2D eigenvalue weighted by Crippen LogP contribution is 2.45. The van der Waals surface area contributed by atoms with Crippen LogP contribution >= 0.6 is 0 Å². The fraction of sp³-hybridized carbons (Fsp3) is 0.348. The molecule has 0 bridgehead atoms. The van der Waals surface area contributed by atoms with E-state index in [1.807, 2.05) is 23.1 Å². The Morgan fingerprint density at radius 3 is 2.66 bits per heavy atom. The number of nitrogens with zero attached hydrogens (tertiary/aromatic N) is 4. The van der Waals surface area contributed by atoms with Gasteiger partial charge in [-0.15, -0.1) is 0 Å². The van der Waals surface area contributed by atoms with Crippen LogP contribution in [0.1, 0.15) is 34.0 Å². The molecule has 148 valence electrons. The van der Waals surface area contributed by atoms with Gasteiger partial charge in [0.25, 0.3) is 11.5 Å². The van der Waals surface area contributed by atoms with E-state index in [2.05, 4.69) is 42.2 Å². The van der Waals surface area contributed by atoms with Gasteiger partial charge in [-0.3, -0.25) is 9.59 Å². The Morgan fingerprint density at radius 2 is 1.86 bits per heavy atom. The molecule has 2 aliphatic heterocycles. The molecule has 2 aromatic carbocycles. The maximum Gasteiger partial charge on any atom is 0.279 e. The number of likely N-dealkylation sites (N-methyl/N-ethyl adjacent to an activating group) is 1. The summed E-state index contributed by atoms with van der Waals surface area (Å²) in [6, 6.07) is 13.7. The zero-order valence-corrected chi connectivity index (χ0v) is 16.9. The van der Waals surface area contributed by atoms with Gasteiger partial charge in [0.2, 0.25) is 0 Å². The summed E-state index contributed by atoms with van der Waals surface area (Å²) in [6.07, 6.45) is 0.921. The van der Waals surface area contributed by atoms with Crippen LogP contribution in [0.25, 0.3) is 10.8 Å². The van der Waals surface area contributed by atoms with E-state index < -0.39 is 0 Å². The van der Waals surface area contributed by atoms with Crippen LogP contribution in [0.15, 0.2) is 47.3 Å². The normalized spacial score (nSPS) is 21.3. The summed E-state index contributed by atoms with van der Waals surface area (Å²) in [5, 5.41) is 5.53. The molecule has 29 heavy (non-hydrogen) atoms. The first kappa shape index (κ1) is 18.1. The van der Waals surface area contributed by atoms with Gasteiger partial charge in [0.05, 0.1) is 5.39 Å². The van der Waals surface area contributed by atoms with E-state index in [0.29, 0.717) is 22.4 Å². The Hall–Kier alpha value is -2.99. The van der Waals surface area contributed by atoms with Crippen molar-refractivity contribution >= 4 is 22.4 Å². The molecule has 1 fully saturated rings. The molecule has 6 heteroatoms. The standard InChI is InChI=1S/C23H24N4O2/c1-14-8-9-19-17(12-14)18-13-25(2)11-10-20(18)27(19)23(29)21-15-6-4-5-7-16(15)22(28)26(3)24-21/h4-9,12,18,20H,10-11,13H2,1-3H3/t18-,20-/m1/s1. The third kappa shape index (κ3) is 2.70. The summed E-state index contributed by atoms with van der Waals surface area (Å²) in [7, 11) is 3.74. The van der Waals surface area contributed by atoms with Crippen LogP contribution in [0.2, 0.25) is 0 Å². The van der Waals surface area contributed by atoms with Crippen molar-refractivity contribution in [2.45, 2.75) is 25.3 Å². The third-order valence-electron chi connectivity index (χ3n) is 6.33. The molecule has 0 saturated carbocycles. The number of anilines is 1. The van der Waals surface area contributed by atoms with Gasteiger partial charge in [-0.1, -0.05) is 35.9 Å². The lowest BCUT2D eigenvalue weighted by Crippen LogP contribution is -2.47. The summed E-state index contributed by atoms with van der Waals surface area (Å²) in [5.74, 6) is 0.172. The second-order valence-electron chi connectivity index (χ2n) is 8.29. The molecule has 0 unspecified atom stereocenters. The van der Waals surface area contributed by atoms with Crippen LogP contribution in [0.5, 0.6) is 0 Å². The smallest absolute Gasteiger partial charge is 0.279 e. The van der Waals surface area contributed by atoms with Crippen molar-refractivity contribution in [3.63, 3.8) is 0 Å². The molecule has 0 radical (unpaired) electrons. The first-order valence-corrected chi connectivity index (χ1v) is 10.0. The number of fused-ring (bicyclic) bond motifs is 4. The zero-order chi connectivity index (χ0) is 20.3. The maximum absolute atomic E-state index is 13.8. The van der Waals surface area contributed by atoms with E-state index in [0.717, 1.165) is 25.2 Å². The molecular formula is C23H24N4O2. The highest BCUT2D eigenvalue weighted by Gasteiger charge is 2.44. The number of benzene rings is 2. The molecule has 0 N–H and O–H groups in total. The van der Waals surface area contributed by atoms with Gasteiger partial charge in [0, 0.05) is 36.6 Å². The summed E-state index contributed by atoms with van der Waals surface area (Å²) in [4.78, 5) is 30.6. The third-order valence-corrected chi connectivity index (χ3v) is 6.33. The fourth-order valence-corrected chi connectivity index (χ4v) is 4.92. The molecule has 0 spiro atoms. The molecule has 6 nitrogen and oxygen atoms in total. The van der Waals surface area contributed by atoms with Crippen molar-refractivity contribution in [1.82, 2.24) is 14.7 Å². The molecule has 1 saturated heterocycles. The molecule has 1 amide bonds. The number of piperidine rings is 1. The van der Waals surface area contributed by atoms with Crippen LogP contribution < -0.4 is 10.5 Å². The van der Waals surface area contributed by atoms with Crippen LogP contribution in [-0.4, -0.2) is 46.8 Å². The van der Waals surface area contributed by atoms with Crippen LogP contribution in [0.4, 0.5) is 5.69 Å². The molecular weight excluding hydrogens is 364 g/mol. The Labute approximate surface area is 169 Å². The number of aryl methyl sites for hydroxylation is 2. The second kappa shape index (κ2) is 6.52.